The quantitative estimate of drug-likeness (QED) is 0.185. The van der Waals surface area contributed by atoms with E-state index in [2.05, 4.69) is 19.2 Å². The van der Waals surface area contributed by atoms with Gasteiger partial charge < -0.3 is 14.8 Å². The molecule has 0 aliphatic heterocycles. The number of carbonyl (C=O) groups excluding carboxylic acids is 2. The predicted octanol–water partition coefficient (Wildman–Crippen LogP) is 7.76. The normalized spacial score (nSPS) is 12.4. The fourth-order valence-electron chi connectivity index (χ4n) is 3.95. The number of hydrogen-bond donors (Lipinski definition) is 1. The highest BCUT2D eigenvalue weighted by Gasteiger charge is 2.28. The summed E-state index contributed by atoms with van der Waals surface area (Å²) in [6.45, 7) is 9.86. The van der Waals surface area contributed by atoms with Crippen LogP contribution in [0.5, 0.6) is 0 Å². The molecule has 0 aliphatic rings. The Morgan fingerprint density at radius 3 is 1.85 bits per heavy atom. The van der Waals surface area contributed by atoms with Crippen LogP contribution in [0, 0.1) is 0 Å². The van der Waals surface area contributed by atoms with Crippen molar-refractivity contribution in [2.75, 3.05) is 0 Å². The summed E-state index contributed by atoms with van der Waals surface area (Å²) >= 11 is 0. The fourth-order valence-corrected chi connectivity index (χ4v) is 3.95. The van der Waals surface area contributed by atoms with Gasteiger partial charge in [-0.1, -0.05) is 95.5 Å². The van der Waals surface area contributed by atoms with Gasteiger partial charge in [0.05, 0.1) is 0 Å². The van der Waals surface area contributed by atoms with Crippen molar-refractivity contribution in [2.24, 2.45) is 0 Å². The Balaban J connectivity index is 2.80. The first-order chi connectivity index (χ1) is 16.2. The molecule has 1 amide bonds. The molecule has 0 saturated heterocycles. The molecule has 1 aromatic carbocycles. The molecule has 0 aromatic heterocycles. The lowest BCUT2D eigenvalue weighted by molar-refractivity contribution is -0.152. The van der Waals surface area contributed by atoms with E-state index in [1.807, 2.05) is 51.1 Å². The lowest BCUT2D eigenvalue weighted by Crippen LogP contribution is -2.46. The van der Waals surface area contributed by atoms with E-state index in [1.54, 1.807) is 0 Å². The average molecular weight is 476 g/mol. The number of amides is 1. The number of unbranched alkanes of at least 4 members (excludes halogenated alkanes) is 8. The molecule has 0 radical (unpaired) electrons. The summed E-state index contributed by atoms with van der Waals surface area (Å²) in [5, 5.41) is 2.76. The molecular weight excluding hydrogens is 426 g/mol. The Kier molecular flexibility index (Phi) is 15.4. The molecule has 0 fully saturated rings. The van der Waals surface area contributed by atoms with Crippen molar-refractivity contribution in [2.45, 2.75) is 136 Å². The molecule has 0 bridgehead atoms. The van der Waals surface area contributed by atoms with E-state index in [-0.39, 0.29) is 12.1 Å². The maximum atomic E-state index is 13.2. The summed E-state index contributed by atoms with van der Waals surface area (Å²) < 4.78 is 11.4. The molecule has 5 heteroatoms. The third-order valence-electron chi connectivity index (χ3n) is 5.80. The Bertz CT molecular complexity index is 654. The first-order valence-electron chi connectivity index (χ1n) is 13.5. The minimum Gasteiger partial charge on any atom is -0.461 e. The highest BCUT2D eigenvalue weighted by molar-refractivity contribution is 5.82. The van der Waals surface area contributed by atoms with Gasteiger partial charge in [-0.05, 0) is 52.0 Å². The number of rotatable bonds is 17. The summed E-state index contributed by atoms with van der Waals surface area (Å²) in [5.74, 6) is -0.373. The molecule has 0 spiro atoms. The van der Waals surface area contributed by atoms with E-state index < -0.39 is 17.7 Å². The van der Waals surface area contributed by atoms with Gasteiger partial charge >= 0.3 is 12.1 Å². The minimum atomic E-state index is -0.778. The fraction of sp³-hybridized carbons (Fsp3) is 0.724. The van der Waals surface area contributed by atoms with Crippen molar-refractivity contribution in [1.82, 2.24) is 5.32 Å². The van der Waals surface area contributed by atoms with Gasteiger partial charge in [0, 0.05) is 6.42 Å². The van der Waals surface area contributed by atoms with Crippen LogP contribution in [0.25, 0.3) is 0 Å². The summed E-state index contributed by atoms with van der Waals surface area (Å²) in [4.78, 5) is 25.7. The van der Waals surface area contributed by atoms with Crippen LogP contribution in [0.3, 0.4) is 0 Å². The summed E-state index contributed by atoms with van der Waals surface area (Å²) in [7, 11) is 0. The third-order valence-corrected chi connectivity index (χ3v) is 5.80. The largest absolute Gasteiger partial charge is 0.461 e. The van der Waals surface area contributed by atoms with Crippen molar-refractivity contribution in [3.05, 3.63) is 35.9 Å². The predicted molar refractivity (Wildman–Crippen MR) is 140 cm³/mol. The van der Waals surface area contributed by atoms with Gasteiger partial charge in [-0.3, -0.25) is 0 Å². The van der Waals surface area contributed by atoms with Crippen molar-refractivity contribution in [3.8, 4) is 0 Å². The Labute approximate surface area is 208 Å². The van der Waals surface area contributed by atoms with Gasteiger partial charge in [-0.2, -0.15) is 0 Å². The van der Waals surface area contributed by atoms with Gasteiger partial charge in [-0.25, -0.2) is 9.59 Å². The number of nitrogens with one attached hydrogen (secondary N) is 1. The van der Waals surface area contributed by atoms with Gasteiger partial charge in [-0.15, -0.1) is 0 Å². The number of esters is 1. The molecule has 1 N–H and O–H groups in total. The molecule has 194 valence electrons. The Morgan fingerprint density at radius 2 is 1.35 bits per heavy atom. The minimum absolute atomic E-state index is 0.102. The number of hydrogen-bond acceptors (Lipinski definition) is 4. The molecular formula is C29H49NO4. The van der Waals surface area contributed by atoms with E-state index in [0.717, 1.165) is 31.2 Å². The Morgan fingerprint density at radius 1 is 0.824 bits per heavy atom. The second-order valence-electron chi connectivity index (χ2n) is 10.4. The molecule has 1 atom stereocenters. The monoisotopic (exact) mass is 475 g/mol. The zero-order chi connectivity index (χ0) is 25.2. The van der Waals surface area contributed by atoms with Crippen LogP contribution in [0.2, 0.25) is 0 Å². The lowest BCUT2D eigenvalue weighted by Gasteiger charge is -2.25. The number of benzene rings is 1. The molecule has 34 heavy (non-hydrogen) atoms. The SMILES string of the molecule is CCCCCCCC(CCCCCCC)OC(=O)[C@H](Cc1ccccc1)NC(=O)OC(C)(C)C. The average Bonchev–Trinajstić information content (AvgIpc) is 2.77. The molecule has 0 heterocycles. The van der Waals surface area contributed by atoms with E-state index >= 15 is 0 Å². The molecule has 1 rings (SSSR count). The van der Waals surface area contributed by atoms with Crippen LogP contribution in [0.1, 0.15) is 117 Å². The maximum Gasteiger partial charge on any atom is 0.408 e. The van der Waals surface area contributed by atoms with Gasteiger partial charge in [0.1, 0.15) is 17.7 Å². The first-order valence-corrected chi connectivity index (χ1v) is 13.5. The van der Waals surface area contributed by atoms with Crippen LogP contribution in [0.15, 0.2) is 30.3 Å². The maximum absolute atomic E-state index is 13.2. The van der Waals surface area contributed by atoms with Crippen LogP contribution >= 0.6 is 0 Å². The highest BCUT2D eigenvalue weighted by Crippen LogP contribution is 2.18. The van der Waals surface area contributed by atoms with Gasteiger partial charge in [0.2, 0.25) is 0 Å². The van der Waals surface area contributed by atoms with Gasteiger partial charge in [0.15, 0.2) is 0 Å². The topological polar surface area (TPSA) is 64.6 Å². The number of carbonyl (C=O) groups is 2. The molecule has 0 aliphatic carbocycles. The standard InChI is InChI=1S/C29H49NO4/c1-6-8-10-12-17-21-25(22-18-13-11-9-7-2)33-27(31)26(23-24-19-15-14-16-20-24)30-28(32)34-29(3,4)5/h14-16,19-20,25-26H,6-13,17-18,21-23H2,1-5H3,(H,30,32)/t26-/m0/s1. The van der Waals surface area contributed by atoms with E-state index in [0.29, 0.717) is 6.42 Å². The van der Waals surface area contributed by atoms with Crippen molar-refractivity contribution < 1.29 is 19.1 Å². The van der Waals surface area contributed by atoms with E-state index in [9.17, 15) is 9.59 Å². The van der Waals surface area contributed by atoms with Gasteiger partial charge in [0.25, 0.3) is 0 Å². The summed E-state index contributed by atoms with van der Waals surface area (Å²) in [6, 6.07) is 8.93. The van der Waals surface area contributed by atoms with Crippen LogP contribution in [-0.2, 0) is 20.7 Å². The first kappa shape index (κ1) is 30.0. The highest BCUT2D eigenvalue weighted by atomic mass is 16.6. The van der Waals surface area contributed by atoms with E-state index in [1.165, 1.54) is 51.4 Å². The number of ether oxygens (including phenoxy) is 2. The Hall–Kier alpha value is -2.04. The van der Waals surface area contributed by atoms with Crippen molar-refractivity contribution in [1.29, 1.82) is 0 Å². The van der Waals surface area contributed by atoms with Crippen LogP contribution in [0.4, 0.5) is 4.79 Å². The second kappa shape index (κ2) is 17.4. The summed E-state index contributed by atoms with van der Waals surface area (Å²) in [6.07, 6.45) is 13.3. The smallest absolute Gasteiger partial charge is 0.408 e. The zero-order valence-corrected chi connectivity index (χ0v) is 22.4. The third kappa shape index (κ3) is 15.0. The summed E-state index contributed by atoms with van der Waals surface area (Å²) in [5.41, 5.74) is 0.335. The molecule has 0 saturated carbocycles. The van der Waals surface area contributed by atoms with Crippen molar-refractivity contribution >= 4 is 12.1 Å². The van der Waals surface area contributed by atoms with Crippen LogP contribution < -0.4 is 5.32 Å². The molecule has 1 aromatic rings. The van der Waals surface area contributed by atoms with Crippen molar-refractivity contribution in [3.63, 3.8) is 0 Å². The molecule has 0 unspecified atom stereocenters. The molecule has 5 nitrogen and oxygen atoms in total. The lowest BCUT2D eigenvalue weighted by atomic mass is 10.0. The van der Waals surface area contributed by atoms with Crippen LogP contribution in [-0.4, -0.2) is 29.8 Å². The van der Waals surface area contributed by atoms with E-state index in [4.69, 9.17) is 9.47 Å². The second-order valence-corrected chi connectivity index (χ2v) is 10.4. The number of alkyl carbamates (subject to hydrolysis) is 1. The zero-order valence-electron chi connectivity index (χ0n) is 22.4.